The van der Waals surface area contributed by atoms with Crippen LogP contribution in [0.1, 0.15) is 26.7 Å². The fourth-order valence-corrected chi connectivity index (χ4v) is 1.32. The SMILES string of the molecule is CN(CC(C)(C)C=O)C1CC1. The normalized spacial score (nSPS) is 18.9. The van der Waals surface area contributed by atoms with Gasteiger partial charge in [-0.1, -0.05) is 13.8 Å². The van der Waals surface area contributed by atoms with Gasteiger partial charge in [-0.2, -0.15) is 0 Å². The molecule has 2 nitrogen and oxygen atoms in total. The van der Waals surface area contributed by atoms with Crippen LogP contribution in [0.15, 0.2) is 0 Å². The minimum absolute atomic E-state index is 0.169. The number of rotatable bonds is 4. The largest absolute Gasteiger partial charge is 0.303 e. The summed E-state index contributed by atoms with van der Waals surface area (Å²) < 4.78 is 0. The van der Waals surface area contributed by atoms with Crippen molar-refractivity contribution in [3.8, 4) is 0 Å². The van der Waals surface area contributed by atoms with Crippen LogP contribution in [0.5, 0.6) is 0 Å². The zero-order valence-corrected chi connectivity index (χ0v) is 7.63. The molecule has 2 heteroatoms. The van der Waals surface area contributed by atoms with Crippen LogP contribution in [-0.4, -0.2) is 30.8 Å². The van der Waals surface area contributed by atoms with Gasteiger partial charge in [-0.05, 0) is 19.9 Å². The number of aldehydes is 1. The van der Waals surface area contributed by atoms with E-state index < -0.39 is 0 Å². The van der Waals surface area contributed by atoms with Crippen LogP contribution >= 0.6 is 0 Å². The molecule has 64 valence electrons. The van der Waals surface area contributed by atoms with E-state index in [1.807, 2.05) is 13.8 Å². The Bertz CT molecular complexity index is 150. The summed E-state index contributed by atoms with van der Waals surface area (Å²) in [5.41, 5.74) is -0.169. The minimum Gasteiger partial charge on any atom is -0.303 e. The topological polar surface area (TPSA) is 20.3 Å². The zero-order valence-electron chi connectivity index (χ0n) is 7.63. The van der Waals surface area contributed by atoms with Crippen LogP contribution in [-0.2, 0) is 4.79 Å². The molecule has 0 N–H and O–H groups in total. The van der Waals surface area contributed by atoms with E-state index in [1.54, 1.807) is 0 Å². The Morgan fingerprint density at radius 3 is 2.45 bits per heavy atom. The Kier molecular flexibility index (Phi) is 2.33. The summed E-state index contributed by atoms with van der Waals surface area (Å²) in [5, 5.41) is 0. The van der Waals surface area contributed by atoms with Gasteiger partial charge >= 0.3 is 0 Å². The highest BCUT2D eigenvalue weighted by molar-refractivity contribution is 5.58. The second kappa shape index (κ2) is 2.94. The van der Waals surface area contributed by atoms with Crippen LogP contribution < -0.4 is 0 Å². The summed E-state index contributed by atoms with van der Waals surface area (Å²) in [6.07, 6.45) is 3.67. The first-order valence-electron chi connectivity index (χ1n) is 4.22. The lowest BCUT2D eigenvalue weighted by Crippen LogP contribution is -2.33. The second-order valence-corrected chi connectivity index (χ2v) is 4.25. The first kappa shape index (κ1) is 8.72. The first-order chi connectivity index (χ1) is 5.05. The van der Waals surface area contributed by atoms with Gasteiger partial charge in [0.1, 0.15) is 6.29 Å². The Hall–Kier alpha value is -0.370. The van der Waals surface area contributed by atoms with E-state index in [2.05, 4.69) is 11.9 Å². The second-order valence-electron chi connectivity index (χ2n) is 4.25. The molecule has 0 heterocycles. The minimum atomic E-state index is -0.169. The van der Waals surface area contributed by atoms with E-state index in [1.165, 1.54) is 12.8 Å². The van der Waals surface area contributed by atoms with Crippen molar-refractivity contribution in [2.45, 2.75) is 32.7 Å². The van der Waals surface area contributed by atoms with Crippen molar-refractivity contribution in [3.63, 3.8) is 0 Å². The fraction of sp³-hybridized carbons (Fsp3) is 0.889. The van der Waals surface area contributed by atoms with Crippen LogP contribution in [0, 0.1) is 5.41 Å². The molecule has 0 unspecified atom stereocenters. The lowest BCUT2D eigenvalue weighted by molar-refractivity contribution is -0.115. The number of carbonyl (C=O) groups is 1. The van der Waals surface area contributed by atoms with Crippen LogP contribution in [0.2, 0.25) is 0 Å². The standard InChI is InChI=1S/C9H17NO/c1-9(2,7-11)6-10(3)8-4-5-8/h7-8H,4-6H2,1-3H3. The molecule has 0 saturated heterocycles. The molecule has 0 aromatic rings. The average Bonchev–Trinajstić information content (AvgIpc) is 2.67. The molecular weight excluding hydrogens is 138 g/mol. The van der Waals surface area contributed by atoms with Gasteiger partial charge in [0.25, 0.3) is 0 Å². The van der Waals surface area contributed by atoms with Gasteiger partial charge in [-0.15, -0.1) is 0 Å². The van der Waals surface area contributed by atoms with Gasteiger partial charge in [-0.3, -0.25) is 0 Å². The Morgan fingerprint density at radius 2 is 2.09 bits per heavy atom. The molecule has 1 aliphatic rings. The highest BCUT2D eigenvalue weighted by Gasteiger charge is 2.30. The van der Waals surface area contributed by atoms with E-state index in [9.17, 15) is 4.79 Å². The van der Waals surface area contributed by atoms with Crippen molar-refractivity contribution in [1.82, 2.24) is 4.90 Å². The maximum atomic E-state index is 10.6. The lowest BCUT2D eigenvalue weighted by atomic mass is 9.95. The number of hydrogen-bond donors (Lipinski definition) is 0. The van der Waals surface area contributed by atoms with Crippen LogP contribution in [0.25, 0.3) is 0 Å². The molecule has 0 spiro atoms. The number of nitrogens with zero attached hydrogens (tertiary/aromatic N) is 1. The predicted molar refractivity (Wildman–Crippen MR) is 45.5 cm³/mol. The van der Waals surface area contributed by atoms with E-state index in [4.69, 9.17) is 0 Å². The van der Waals surface area contributed by atoms with Crippen molar-refractivity contribution in [3.05, 3.63) is 0 Å². The molecule has 0 aromatic heterocycles. The van der Waals surface area contributed by atoms with Crippen molar-refractivity contribution >= 4 is 6.29 Å². The average molecular weight is 155 g/mol. The van der Waals surface area contributed by atoms with Crippen LogP contribution in [0.3, 0.4) is 0 Å². The maximum absolute atomic E-state index is 10.6. The third-order valence-electron chi connectivity index (χ3n) is 2.15. The van der Waals surface area contributed by atoms with Crippen molar-refractivity contribution in [2.75, 3.05) is 13.6 Å². The monoisotopic (exact) mass is 155 g/mol. The van der Waals surface area contributed by atoms with Gasteiger partial charge in [0, 0.05) is 18.0 Å². The smallest absolute Gasteiger partial charge is 0.126 e. The summed E-state index contributed by atoms with van der Waals surface area (Å²) in [6, 6.07) is 0.759. The van der Waals surface area contributed by atoms with Gasteiger partial charge in [-0.25, -0.2) is 0 Å². The molecular formula is C9H17NO. The Balaban J connectivity index is 2.32. The molecule has 0 aromatic carbocycles. The molecule has 0 amide bonds. The molecule has 0 atom stereocenters. The van der Waals surface area contributed by atoms with E-state index in [-0.39, 0.29) is 5.41 Å². The number of hydrogen-bond acceptors (Lipinski definition) is 2. The molecule has 0 bridgehead atoms. The van der Waals surface area contributed by atoms with E-state index in [0.29, 0.717) is 0 Å². The lowest BCUT2D eigenvalue weighted by Gasteiger charge is -2.24. The molecule has 1 rings (SSSR count). The molecule has 0 aliphatic heterocycles. The summed E-state index contributed by atoms with van der Waals surface area (Å²) in [5.74, 6) is 0. The van der Waals surface area contributed by atoms with Crippen molar-refractivity contribution < 1.29 is 4.79 Å². The Morgan fingerprint density at radius 1 is 1.55 bits per heavy atom. The van der Waals surface area contributed by atoms with Crippen molar-refractivity contribution in [1.29, 1.82) is 0 Å². The quantitative estimate of drug-likeness (QED) is 0.570. The van der Waals surface area contributed by atoms with Crippen LogP contribution in [0.4, 0.5) is 0 Å². The summed E-state index contributed by atoms with van der Waals surface area (Å²) >= 11 is 0. The number of carbonyl (C=O) groups excluding carboxylic acids is 1. The molecule has 1 fully saturated rings. The van der Waals surface area contributed by atoms with Gasteiger partial charge < -0.3 is 9.69 Å². The molecule has 0 radical (unpaired) electrons. The molecule has 1 aliphatic carbocycles. The summed E-state index contributed by atoms with van der Waals surface area (Å²) in [7, 11) is 2.10. The summed E-state index contributed by atoms with van der Waals surface area (Å²) in [6.45, 7) is 4.86. The van der Waals surface area contributed by atoms with E-state index in [0.717, 1.165) is 18.9 Å². The first-order valence-corrected chi connectivity index (χ1v) is 4.22. The zero-order chi connectivity index (χ0) is 8.48. The highest BCUT2D eigenvalue weighted by atomic mass is 16.1. The van der Waals surface area contributed by atoms with Gasteiger partial charge in [0.15, 0.2) is 0 Å². The third-order valence-corrected chi connectivity index (χ3v) is 2.15. The summed E-state index contributed by atoms with van der Waals surface area (Å²) in [4.78, 5) is 12.9. The van der Waals surface area contributed by atoms with Gasteiger partial charge in [0.05, 0.1) is 0 Å². The maximum Gasteiger partial charge on any atom is 0.126 e. The highest BCUT2D eigenvalue weighted by Crippen LogP contribution is 2.27. The molecule has 11 heavy (non-hydrogen) atoms. The predicted octanol–water partition coefficient (Wildman–Crippen LogP) is 1.31. The van der Waals surface area contributed by atoms with E-state index >= 15 is 0 Å². The van der Waals surface area contributed by atoms with Crippen molar-refractivity contribution in [2.24, 2.45) is 5.41 Å². The Labute approximate surface area is 68.6 Å². The fourth-order valence-electron chi connectivity index (χ4n) is 1.32. The molecule has 1 saturated carbocycles. The third kappa shape index (κ3) is 2.62. The van der Waals surface area contributed by atoms with Gasteiger partial charge in [0.2, 0.25) is 0 Å².